The number of dihydropyridines is 1. The second-order valence-electron chi connectivity index (χ2n) is 8.28. The number of terminal acetylenes is 1. The van der Waals surface area contributed by atoms with Gasteiger partial charge in [-0.3, -0.25) is 0 Å². The molecule has 2 nitrogen and oxygen atoms in total. The van der Waals surface area contributed by atoms with Gasteiger partial charge < -0.3 is 9.88 Å². The number of nitrogens with one attached hydrogen (secondary N) is 1. The highest BCUT2D eigenvalue weighted by Crippen LogP contribution is 2.39. The molecule has 0 unspecified atom stereocenters. The van der Waals surface area contributed by atoms with Crippen molar-refractivity contribution in [3.8, 4) is 12.3 Å². The van der Waals surface area contributed by atoms with E-state index in [1.54, 1.807) is 6.92 Å². The summed E-state index contributed by atoms with van der Waals surface area (Å²) in [5.74, 6) is 1.37. The molecule has 1 N–H and O–H groups in total. The van der Waals surface area contributed by atoms with Crippen molar-refractivity contribution < 1.29 is 8.78 Å². The molecule has 0 spiro atoms. The number of halogens is 2. The minimum absolute atomic E-state index is 0.207. The van der Waals surface area contributed by atoms with Crippen LogP contribution in [0.5, 0.6) is 0 Å². The van der Waals surface area contributed by atoms with Crippen molar-refractivity contribution in [1.82, 2.24) is 9.88 Å². The maximum Gasteiger partial charge on any atom is 0.128 e. The van der Waals surface area contributed by atoms with E-state index in [9.17, 15) is 8.78 Å². The van der Waals surface area contributed by atoms with Crippen LogP contribution in [-0.4, -0.2) is 4.57 Å². The lowest BCUT2D eigenvalue weighted by atomic mass is 9.94. The Morgan fingerprint density at radius 2 is 1.52 bits per heavy atom. The minimum atomic E-state index is -0.451. The Kier molecular flexibility index (Phi) is 26.7. The van der Waals surface area contributed by atoms with E-state index in [1.165, 1.54) is 17.7 Å². The summed E-state index contributed by atoms with van der Waals surface area (Å²) in [5.41, 5.74) is 7.03. The monoisotopic (exact) mass is 604 g/mol. The molecule has 2 heterocycles. The van der Waals surface area contributed by atoms with Gasteiger partial charge in [0.15, 0.2) is 0 Å². The molecule has 4 heteroatoms. The summed E-state index contributed by atoms with van der Waals surface area (Å²) in [4.78, 5) is 0. The smallest absolute Gasteiger partial charge is 0.128 e. The van der Waals surface area contributed by atoms with Crippen molar-refractivity contribution in [1.29, 1.82) is 0 Å². The van der Waals surface area contributed by atoms with Gasteiger partial charge in [0.1, 0.15) is 11.6 Å². The third-order valence-electron chi connectivity index (χ3n) is 5.62. The molecule has 0 bridgehead atoms. The molecule has 1 aliphatic rings. The molecular weight excluding hydrogens is 546 g/mol. The van der Waals surface area contributed by atoms with Crippen molar-refractivity contribution in [3.63, 3.8) is 0 Å². The molecule has 0 fully saturated rings. The van der Waals surface area contributed by atoms with Gasteiger partial charge >= 0.3 is 0 Å². The van der Waals surface area contributed by atoms with Crippen LogP contribution >= 0.6 is 0 Å². The van der Waals surface area contributed by atoms with Gasteiger partial charge in [-0.2, -0.15) is 0 Å². The Morgan fingerprint density at radius 3 is 2.02 bits per heavy atom. The molecule has 0 saturated heterocycles. The van der Waals surface area contributed by atoms with Crippen LogP contribution in [-0.2, 0) is 13.0 Å². The predicted octanol–water partition coefficient (Wildman–Crippen LogP) is 12.5. The third-order valence-corrected chi connectivity index (χ3v) is 5.62. The Bertz CT molecular complexity index is 1360. The van der Waals surface area contributed by atoms with Gasteiger partial charge in [-0.15, -0.1) is 25.5 Å². The first-order valence-corrected chi connectivity index (χ1v) is 15.8. The van der Waals surface area contributed by atoms with Crippen LogP contribution in [0.4, 0.5) is 8.78 Å². The molecule has 1 aromatic heterocycles. The fraction of sp³-hybridized carbons (Fsp3) is 0.350. The number of nitrogens with zero attached hydrogens (tertiary/aromatic N) is 1. The normalized spacial score (nSPS) is 10.3. The van der Waals surface area contributed by atoms with Crippen molar-refractivity contribution in [2.45, 2.75) is 95.5 Å². The Morgan fingerprint density at radius 1 is 0.955 bits per heavy atom. The highest BCUT2D eigenvalue weighted by atomic mass is 19.1. The van der Waals surface area contributed by atoms with Gasteiger partial charge in [0.25, 0.3) is 0 Å². The average molecular weight is 605 g/mol. The number of allylic oxidation sites excluding steroid dienone is 4. The van der Waals surface area contributed by atoms with E-state index >= 15 is 0 Å². The topological polar surface area (TPSA) is 17.0 Å². The van der Waals surface area contributed by atoms with Crippen LogP contribution in [0.3, 0.4) is 0 Å². The van der Waals surface area contributed by atoms with Crippen LogP contribution in [0.15, 0.2) is 86.8 Å². The fourth-order valence-electron chi connectivity index (χ4n) is 4.27. The highest BCUT2D eigenvalue weighted by Gasteiger charge is 2.23. The summed E-state index contributed by atoms with van der Waals surface area (Å²) in [6, 6.07) is 9.96. The molecule has 242 valence electrons. The Labute approximate surface area is 269 Å². The van der Waals surface area contributed by atoms with Crippen molar-refractivity contribution in [2.24, 2.45) is 0 Å². The molecule has 3 aromatic rings. The summed E-state index contributed by atoms with van der Waals surface area (Å²) in [6.45, 7) is 36.4. The number of hydrogen-bond acceptors (Lipinski definition) is 1. The van der Waals surface area contributed by atoms with E-state index in [0.29, 0.717) is 5.56 Å². The second kappa shape index (κ2) is 26.5. The van der Waals surface area contributed by atoms with Gasteiger partial charge in [-0.25, -0.2) is 8.78 Å². The summed E-state index contributed by atoms with van der Waals surface area (Å²) < 4.78 is 30.4. The number of aromatic nitrogens is 1. The quantitative estimate of drug-likeness (QED) is 0.219. The summed E-state index contributed by atoms with van der Waals surface area (Å²) >= 11 is 0. The maximum absolute atomic E-state index is 14.5. The summed E-state index contributed by atoms with van der Waals surface area (Å²) in [6.07, 6.45) is 12.4. The zero-order valence-electron chi connectivity index (χ0n) is 29.4. The minimum Gasteiger partial charge on any atom is -0.362 e. The average Bonchev–Trinajstić information content (AvgIpc) is 3.38. The van der Waals surface area contributed by atoms with Crippen LogP contribution in [0.2, 0.25) is 0 Å². The second-order valence-corrected chi connectivity index (χ2v) is 8.28. The molecule has 0 saturated carbocycles. The molecule has 0 radical (unpaired) electrons. The zero-order valence-corrected chi connectivity index (χ0v) is 29.4. The SMILES string of the molecule is C#CC.C=C.C=C1NC=CC=C1c1c(C(=C)C)n(Cc2cc(F)ccc2F)c2ccc(CCC)cc12.CC.CC.CC.CC. The van der Waals surface area contributed by atoms with E-state index in [4.69, 9.17) is 0 Å². The first-order valence-electron chi connectivity index (χ1n) is 15.8. The molecule has 4 rings (SSSR count). The van der Waals surface area contributed by atoms with Gasteiger partial charge in [0.2, 0.25) is 0 Å². The standard InChI is InChI=1S/C27H26F2N2.C3H4.4C2H6.C2H4/c1-5-7-19-9-12-25-23(14-19)26(22-8-6-13-30-18(22)4)27(17(2)3)31(25)16-20-15-21(28)10-11-24(20)29;1-3-2;5*1-2/h6,8-15,30H,2,4-5,7,16H2,1,3H3;1H,2H3;4*1-2H3;1-2H2. The van der Waals surface area contributed by atoms with Crippen LogP contribution < -0.4 is 5.32 Å². The largest absolute Gasteiger partial charge is 0.362 e. The summed E-state index contributed by atoms with van der Waals surface area (Å²) in [5, 5.41) is 4.25. The van der Waals surface area contributed by atoms with Gasteiger partial charge in [0.05, 0.1) is 12.2 Å². The fourth-order valence-corrected chi connectivity index (χ4v) is 4.27. The molecule has 0 atom stereocenters. The Balaban J connectivity index is -0.00000114. The third kappa shape index (κ3) is 12.6. The predicted molar refractivity (Wildman–Crippen MR) is 197 cm³/mol. The van der Waals surface area contributed by atoms with Crippen molar-refractivity contribution >= 4 is 22.0 Å². The Hall–Kier alpha value is -4.10. The van der Waals surface area contributed by atoms with E-state index in [2.05, 4.69) is 69.1 Å². The van der Waals surface area contributed by atoms with Gasteiger partial charge in [-0.05, 0) is 67.8 Å². The highest BCUT2D eigenvalue weighted by molar-refractivity contribution is 6.02. The molecule has 1 aliphatic heterocycles. The van der Waals surface area contributed by atoms with Gasteiger partial charge in [0, 0.05) is 39.5 Å². The van der Waals surface area contributed by atoms with Gasteiger partial charge in [-0.1, -0.05) is 94.0 Å². The van der Waals surface area contributed by atoms with E-state index in [0.717, 1.165) is 57.9 Å². The molecule has 0 aliphatic carbocycles. The lowest BCUT2D eigenvalue weighted by Crippen LogP contribution is -2.11. The molecule has 2 aromatic carbocycles. The first kappa shape index (κ1) is 44.3. The van der Waals surface area contributed by atoms with Crippen molar-refractivity contribution in [3.05, 3.63) is 121 Å². The lowest BCUT2D eigenvalue weighted by Gasteiger charge is -2.17. The summed E-state index contributed by atoms with van der Waals surface area (Å²) in [7, 11) is 0. The van der Waals surface area contributed by atoms with Crippen LogP contribution in [0.25, 0.3) is 22.0 Å². The molecule has 0 amide bonds. The molecule has 44 heavy (non-hydrogen) atoms. The van der Waals surface area contributed by atoms with E-state index < -0.39 is 11.6 Å². The number of aryl methyl sites for hydroxylation is 1. The number of hydrogen-bond donors (Lipinski definition) is 1. The maximum atomic E-state index is 14.5. The number of fused-ring (bicyclic) bond motifs is 1. The van der Waals surface area contributed by atoms with E-state index in [-0.39, 0.29) is 6.54 Å². The zero-order chi connectivity index (χ0) is 34.8. The first-order chi connectivity index (χ1) is 21.3. The number of rotatable bonds is 6. The van der Waals surface area contributed by atoms with E-state index in [1.807, 2.05) is 85.2 Å². The lowest BCUT2D eigenvalue weighted by molar-refractivity contribution is 0.578. The van der Waals surface area contributed by atoms with Crippen molar-refractivity contribution in [2.75, 3.05) is 0 Å². The molecular formula is C40H58F2N2. The van der Waals surface area contributed by atoms with Crippen LogP contribution in [0.1, 0.15) is 105 Å². The van der Waals surface area contributed by atoms with Crippen LogP contribution in [0, 0.1) is 24.0 Å². The number of benzene rings is 2.